The number of carbonyl (C=O) groups is 1. The predicted octanol–water partition coefficient (Wildman–Crippen LogP) is 2.51. The van der Waals surface area contributed by atoms with Crippen molar-refractivity contribution >= 4 is 6.09 Å². The molecule has 6 nitrogen and oxygen atoms in total. The number of nitrogens with zero attached hydrogens (tertiary/aromatic N) is 2. The molecule has 1 aliphatic rings. The molecule has 0 bridgehead atoms. The molecule has 26 heavy (non-hydrogen) atoms. The maximum atomic E-state index is 12.6. The number of rotatable bonds is 6. The summed E-state index contributed by atoms with van der Waals surface area (Å²) >= 11 is 0. The molecule has 0 aliphatic carbocycles. The van der Waals surface area contributed by atoms with Crippen molar-refractivity contribution in [2.75, 3.05) is 33.4 Å². The van der Waals surface area contributed by atoms with Gasteiger partial charge < -0.3 is 19.5 Å². The summed E-state index contributed by atoms with van der Waals surface area (Å²) in [5, 5.41) is 10.2. The highest BCUT2D eigenvalue weighted by molar-refractivity contribution is 5.68. The third-order valence-electron chi connectivity index (χ3n) is 4.35. The van der Waals surface area contributed by atoms with E-state index in [-0.39, 0.29) is 18.7 Å². The Hall–Kier alpha value is -1.63. The molecule has 2 rings (SSSR count). The van der Waals surface area contributed by atoms with Crippen molar-refractivity contribution in [3.8, 4) is 0 Å². The smallest absolute Gasteiger partial charge is 0.410 e. The molecule has 6 heteroatoms. The number of piperazine rings is 1. The second kappa shape index (κ2) is 9.35. The fraction of sp³-hybridized carbons (Fsp3) is 0.650. The van der Waals surface area contributed by atoms with Crippen LogP contribution in [-0.2, 0) is 16.0 Å². The summed E-state index contributed by atoms with van der Waals surface area (Å²) in [7, 11) is 1.57. The van der Waals surface area contributed by atoms with Gasteiger partial charge >= 0.3 is 6.09 Å². The van der Waals surface area contributed by atoms with Crippen LogP contribution in [0.3, 0.4) is 0 Å². The van der Waals surface area contributed by atoms with Gasteiger partial charge in [0.15, 0.2) is 0 Å². The summed E-state index contributed by atoms with van der Waals surface area (Å²) in [5.41, 5.74) is 0.711. The van der Waals surface area contributed by atoms with E-state index in [0.717, 1.165) is 13.1 Å². The first-order valence-electron chi connectivity index (χ1n) is 9.21. The van der Waals surface area contributed by atoms with E-state index in [1.807, 2.05) is 39.0 Å². The van der Waals surface area contributed by atoms with Crippen molar-refractivity contribution in [1.82, 2.24) is 9.80 Å². The van der Waals surface area contributed by atoms with Gasteiger partial charge in [0.1, 0.15) is 5.60 Å². The quantitative estimate of drug-likeness (QED) is 0.840. The number of aliphatic hydroxyl groups excluding tert-OH is 1. The third-order valence-corrected chi connectivity index (χ3v) is 4.35. The molecular formula is C20H32N2O4. The Balaban J connectivity index is 2.04. The first kappa shape index (κ1) is 20.7. The summed E-state index contributed by atoms with van der Waals surface area (Å²) in [6, 6.07) is 10.2. The number of hydrogen-bond donors (Lipinski definition) is 1. The van der Waals surface area contributed by atoms with Crippen LogP contribution in [0.25, 0.3) is 0 Å². The fourth-order valence-corrected chi connectivity index (χ4v) is 3.24. The molecule has 1 saturated heterocycles. The van der Waals surface area contributed by atoms with Gasteiger partial charge in [0.05, 0.1) is 18.8 Å². The van der Waals surface area contributed by atoms with Crippen LogP contribution in [0.1, 0.15) is 32.8 Å². The molecule has 1 unspecified atom stereocenters. The molecule has 1 heterocycles. The Bertz CT molecular complexity index is 559. The van der Waals surface area contributed by atoms with Gasteiger partial charge in [-0.1, -0.05) is 30.3 Å². The molecule has 0 radical (unpaired) electrons. The van der Waals surface area contributed by atoms with E-state index in [1.54, 1.807) is 12.0 Å². The Kier molecular flexibility index (Phi) is 7.43. The lowest BCUT2D eigenvalue weighted by molar-refractivity contribution is -0.0191. The normalized spacial score (nSPS) is 20.0. The molecule has 1 aliphatic heterocycles. The van der Waals surface area contributed by atoms with Gasteiger partial charge in [-0.25, -0.2) is 4.79 Å². The van der Waals surface area contributed by atoms with E-state index in [1.165, 1.54) is 5.56 Å². The highest BCUT2D eigenvalue weighted by Gasteiger charge is 2.34. The summed E-state index contributed by atoms with van der Waals surface area (Å²) in [5.74, 6) is 0. The van der Waals surface area contributed by atoms with Crippen LogP contribution in [0.2, 0.25) is 0 Å². The molecule has 1 fully saturated rings. The molecule has 0 spiro atoms. The summed E-state index contributed by atoms with van der Waals surface area (Å²) in [4.78, 5) is 16.7. The predicted molar refractivity (Wildman–Crippen MR) is 101 cm³/mol. The minimum atomic E-state index is -0.605. The second-order valence-electron chi connectivity index (χ2n) is 7.89. The zero-order chi connectivity index (χ0) is 19.2. The highest BCUT2D eigenvalue weighted by Crippen LogP contribution is 2.20. The standard InChI is InChI=1S/C20H32N2O4/c1-20(2,3)26-19(24)22-11-10-21(13-16-8-6-5-7-9-16)14-17(22)12-18(23)15-25-4/h5-9,17-18,23H,10-15H2,1-4H3/t17?,18-/m1/s1. The number of hydrogen-bond acceptors (Lipinski definition) is 5. The van der Waals surface area contributed by atoms with Crippen LogP contribution in [0.15, 0.2) is 30.3 Å². The van der Waals surface area contributed by atoms with Crippen molar-refractivity contribution in [2.45, 2.75) is 51.5 Å². The lowest BCUT2D eigenvalue weighted by Gasteiger charge is -2.42. The monoisotopic (exact) mass is 364 g/mol. The molecule has 1 aromatic carbocycles. The van der Waals surface area contributed by atoms with E-state index in [4.69, 9.17) is 9.47 Å². The van der Waals surface area contributed by atoms with E-state index < -0.39 is 11.7 Å². The summed E-state index contributed by atoms with van der Waals surface area (Å²) in [6.07, 6.45) is -0.448. The lowest BCUT2D eigenvalue weighted by atomic mass is 10.0. The van der Waals surface area contributed by atoms with Crippen molar-refractivity contribution in [3.05, 3.63) is 35.9 Å². The number of benzene rings is 1. The zero-order valence-corrected chi connectivity index (χ0v) is 16.4. The van der Waals surface area contributed by atoms with Gasteiger partial charge in [-0.3, -0.25) is 4.90 Å². The maximum Gasteiger partial charge on any atom is 0.410 e. The summed E-state index contributed by atoms with van der Waals surface area (Å²) < 4.78 is 10.6. The van der Waals surface area contributed by atoms with Gasteiger partial charge in [-0.15, -0.1) is 0 Å². The van der Waals surface area contributed by atoms with Crippen molar-refractivity contribution in [3.63, 3.8) is 0 Å². The Morgan fingerprint density at radius 2 is 1.96 bits per heavy atom. The topological polar surface area (TPSA) is 62.2 Å². The van der Waals surface area contributed by atoms with E-state index in [9.17, 15) is 9.90 Å². The van der Waals surface area contributed by atoms with Gasteiger partial charge in [-0.05, 0) is 32.8 Å². The van der Waals surface area contributed by atoms with Gasteiger partial charge in [0.25, 0.3) is 0 Å². The average molecular weight is 364 g/mol. The Morgan fingerprint density at radius 1 is 1.27 bits per heavy atom. The third kappa shape index (κ3) is 6.59. The van der Waals surface area contributed by atoms with Crippen molar-refractivity contribution < 1.29 is 19.4 Å². The number of ether oxygens (including phenoxy) is 2. The van der Waals surface area contributed by atoms with Crippen LogP contribution < -0.4 is 0 Å². The number of methoxy groups -OCH3 is 1. The molecule has 2 atom stereocenters. The average Bonchev–Trinajstić information content (AvgIpc) is 2.54. The Morgan fingerprint density at radius 3 is 2.58 bits per heavy atom. The SMILES string of the molecule is COC[C@H](O)CC1CN(Cc2ccccc2)CCN1C(=O)OC(C)(C)C. The minimum Gasteiger partial charge on any atom is -0.444 e. The molecule has 146 valence electrons. The second-order valence-corrected chi connectivity index (χ2v) is 7.89. The zero-order valence-electron chi connectivity index (χ0n) is 16.4. The molecule has 0 saturated carbocycles. The molecule has 1 aromatic rings. The van der Waals surface area contributed by atoms with Gasteiger partial charge in [0, 0.05) is 33.3 Å². The molecule has 1 N–H and O–H groups in total. The van der Waals surface area contributed by atoms with E-state index >= 15 is 0 Å². The molecule has 1 amide bonds. The van der Waals surface area contributed by atoms with Crippen LogP contribution in [-0.4, -0.2) is 72.1 Å². The lowest BCUT2D eigenvalue weighted by Crippen LogP contribution is -2.56. The van der Waals surface area contributed by atoms with E-state index in [2.05, 4.69) is 17.0 Å². The number of carbonyl (C=O) groups excluding carboxylic acids is 1. The first-order valence-corrected chi connectivity index (χ1v) is 9.21. The summed E-state index contributed by atoms with van der Waals surface area (Å²) in [6.45, 7) is 8.77. The minimum absolute atomic E-state index is 0.104. The number of aliphatic hydroxyl groups is 1. The maximum absolute atomic E-state index is 12.6. The van der Waals surface area contributed by atoms with Crippen LogP contribution in [0.4, 0.5) is 4.79 Å². The van der Waals surface area contributed by atoms with Crippen LogP contribution >= 0.6 is 0 Å². The van der Waals surface area contributed by atoms with Crippen molar-refractivity contribution in [1.29, 1.82) is 0 Å². The Labute approximate surface area is 156 Å². The van der Waals surface area contributed by atoms with Crippen LogP contribution in [0.5, 0.6) is 0 Å². The van der Waals surface area contributed by atoms with Gasteiger partial charge in [0.2, 0.25) is 0 Å². The molecular weight excluding hydrogens is 332 g/mol. The van der Waals surface area contributed by atoms with Crippen molar-refractivity contribution in [2.24, 2.45) is 0 Å². The fourth-order valence-electron chi connectivity index (χ4n) is 3.24. The van der Waals surface area contributed by atoms with E-state index in [0.29, 0.717) is 19.5 Å². The van der Waals surface area contributed by atoms with Crippen LogP contribution in [0, 0.1) is 0 Å². The number of amides is 1. The first-order chi connectivity index (χ1) is 12.3. The van der Waals surface area contributed by atoms with Gasteiger partial charge in [-0.2, -0.15) is 0 Å². The highest BCUT2D eigenvalue weighted by atomic mass is 16.6. The molecule has 0 aromatic heterocycles. The largest absolute Gasteiger partial charge is 0.444 e.